The fraction of sp³-hybridized carbons (Fsp3) is 0.941. The molecule has 0 radical (unpaired) electrons. The highest BCUT2D eigenvalue weighted by Gasteiger charge is 2.70. The molecule has 1 spiro atoms. The van der Waals surface area contributed by atoms with Gasteiger partial charge < -0.3 is 129 Å². The molecule has 27 nitrogen and oxygen atoms in total. The molecular weight excluding hydrogens is 1040 g/mol. The smallest absolute Gasteiger partial charge is 0.312 e. The highest BCUT2D eigenvalue weighted by molar-refractivity contribution is 5.77. The average Bonchev–Trinajstić information content (AvgIpc) is 3.61. The average molecular weight is 1130 g/mol. The minimum atomic E-state index is -1.98. The molecule has 17 N–H and O–H groups in total. The molecule has 9 fully saturated rings. The summed E-state index contributed by atoms with van der Waals surface area (Å²) >= 11 is 0. The van der Waals surface area contributed by atoms with Crippen LogP contribution in [0.1, 0.15) is 78.1 Å². The molecule has 0 amide bonds. The Morgan fingerprint density at radius 2 is 1.00 bits per heavy atom. The normalized spacial score (nSPS) is 54.5. The number of carbonyl (C=O) groups excluding carboxylic acids is 1. The van der Waals surface area contributed by atoms with Crippen LogP contribution in [0.4, 0.5) is 0 Å². The van der Waals surface area contributed by atoms with Crippen LogP contribution in [0.5, 0.6) is 0 Å². The molecule has 0 aromatic heterocycles. The fourth-order valence-corrected chi connectivity index (χ4v) is 15.4. The molecule has 4 aliphatic heterocycles. The molecule has 4 heterocycles. The Hall–Kier alpha value is -1.79. The molecule has 78 heavy (non-hydrogen) atoms. The highest BCUT2D eigenvalue weighted by Crippen LogP contribution is 2.74. The van der Waals surface area contributed by atoms with E-state index in [2.05, 4.69) is 13.5 Å². The molecule has 448 valence electrons. The summed E-state index contributed by atoms with van der Waals surface area (Å²) in [4.78, 5) is 15.0. The number of esters is 1. The van der Waals surface area contributed by atoms with Crippen molar-refractivity contribution in [3.8, 4) is 0 Å². The lowest BCUT2D eigenvalue weighted by molar-refractivity contribution is -0.400. The van der Waals surface area contributed by atoms with Gasteiger partial charge in [0.2, 0.25) is 0 Å². The molecule has 0 aromatic rings. The van der Waals surface area contributed by atoms with Crippen molar-refractivity contribution < 1.29 is 134 Å². The van der Waals surface area contributed by atoms with E-state index in [1.165, 1.54) is 0 Å². The van der Waals surface area contributed by atoms with Gasteiger partial charge in [-0.15, -0.1) is 0 Å². The first kappa shape index (κ1) is 60.8. The third kappa shape index (κ3) is 10.3. The molecule has 2 bridgehead atoms. The summed E-state index contributed by atoms with van der Waals surface area (Å²) in [7, 11) is 0. The zero-order valence-electron chi connectivity index (χ0n) is 43.6. The molecule has 4 saturated heterocycles. The maximum Gasteiger partial charge on any atom is 0.312 e. The summed E-state index contributed by atoms with van der Waals surface area (Å²) in [5.41, 5.74) is -2.63. The summed E-state index contributed by atoms with van der Waals surface area (Å²) in [6, 6.07) is 0. The Kier molecular flexibility index (Phi) is 18.2. The summed E-state index contributed by atoms with van der Waals surface area (Å²) in [5, 5.41) is 181. The number of hydrogen-bond donors (Lipinski definition) is 17. The maximum atomic E-state index is 15.0. The Bertz CT molecular complexity index is 2070. The van der Waals surface area contributed by atoms with E-state index in [-0.39, 0.29) is 18.3 Å². The summed E-state index contributed by atoms with van der Waals surface area (Å²) in [5.74, 6) is -1.89. The van der Waals surface area contributed by atoms with Crippen molar-refractivity contribution in [2.24, 2.45) is 34.0 Å². The number of hydrogen-bond acceptors (Lipinski definition) is 27. The largest absolute Gasteiger partial charge is 0.459 e. The van der Waals surface area contributed by atoms with Crippen LogP contribution in [-0.2, 0) is 47.4 Å². The van der Waals surface area contributed by atoms with Gasteiger partial charge in [-0.05, 0) is 93.0 Å². The van der Waals surface area contributed by atoms with E-state index < -0.39 is 214 Å². The topological polar surface area (TPSA) is 444 Å². The quantitative estimate of drug-likeness (QED) is 0.0412. The van der Waals surface area contributed by atoms with Crippen LogP contribution in [-0.4, -0.2) is 279 Å². The lowest BCUT2D eigenvalue weighted by Gasteiger charge is -2.64. The van der Waals surface area contributed by atoms with Crippen molar-refractivity contribution in [1.29, 1.82) is 0 Å². The zero-order chi connectivity index (χ0) is 56.7. The molecule has 27 heteroatoms. The molecule has 9 aliphatic rings. The van der Waals surface area contributed by atoms with E-state index in [0.717, 1.165) is 6.42 Å². The standard InChI is InChI=1S/C51H82O27/c1-19-12-50-9-5-26-48(2,7-4-8-49(26,3)47(69)74-21-11-20(13-52)28(57)36(65)40(21)75-43-37(66)33(62)29(58)22(14-53)70-43)27(50)6-10-51(19,18-50)78-46-42(77-45-39(68)35(64)31(60)24(16-55)72-45)41(32(61)25(17-56)73-46)76-44-38(67)34(63)30(59)23(15-54)71-44/h20-46,52-68H,1,4-18H2,2-3H3/t20?,21?,22?,23?,24?,25?,26?,27-,28?,29?,30?,31?,32?,33?,34?,35?,36?,37?,38?,39?,40?,41?,42?,43?,44?,45?,46?,48+,49+,50+,51?/m0/s1. The van der Waals surface area contributed by atoms with Gasteiger partial charge in [0.05, 0.1) is 43.5 Å². The number of rotatable bonds is 15. The van der Waals surface area contributed by atoms with E-state index in [9.17, 15) is 91.6 Å². The monoisotopic (exact) mass is 1130 g/mol. The number of fused-ring (bicyclic) bond motifs is 3. The first-order valence-electron chi connectivity index (χ1n) is 27.2. The van der Waals surface area contributed by atoms with Gasteiger partial charge in [0, 0.05) is 12.5 Å². The highest BCUT2D eigenvalue weighted by atomic mass is 16.8. The second kappa shape index (κ2) is 23.3. The van der Waals surface area contributed by atoms with Gasteiger partial charge in [-0.3, -0.25) is 4.79 Å². The van der Waals surface area contributed by atoms with E-state index in [1.807, 2.05) is 6.92 Å². The van der Waals surface area contributed by atoms with Crippen LogP contribution in [0.3, 0.4) is 0 Å². The molecule has 27 unspecified atom stereocenters. The van der Waals surface area contributed by atoms with Gasteiger partial charge in [0.1, 0.15) is 116 Å². The Balaban J connectivity index is 0.968. The Morgan fingerprint density at radius 1 is 0.526 bits per heavy atom. The molecule has 0 aromatic carbocycles. The van der Waals surface area contributed by atoms with E-state index in [1.54, 1.807) is 0 Å². The van der Waals surface area contributed by atoms with Crippen molar-refractivity contribution in [2.45, 2.75) is 231 Å². The van der Waals surface area contributed by atoms with Crippen LogP contribution in [0.25, 0.3) is 0 Å². The predicted molar refractivity (Wildman–Crippen MR) is 255 cm³/mol. The minimum Gasteiger partial charge on any atom is -0.459 e. The fourth-order valence-electron chi connectivity index (χ4n) is 15.4. The Morgan fingerprint density at radius 3 is 1.51 bits per heavy atom. The van der Waals surface area contributed by atoms with Gasteiger partial charge in [0.15, 0.2) is 25.2 Å². The van der Waals surface area contributed by atoms with Gasteiger partial charge in [-0.25, -0.2) is 0 Å². The van der Waals surface area contributed by atoms with Crippen molar-refractivity contribution in [1.82, 2.24) is 0 Å². The van der Waals surface area contributed by atoms with Gasteiger partial charge in [0.25, 0.3) is 0 Å². The van der Waals surface area contributed by atoms with Crippen LogP contribution in [0.15, 0.2) is 12.2 Å². The van der Waals surface area contributed by atoms with Crippen LogP contribution in [0, 0.1) is 34.0 Å². The molecule has 31 atom stereocenters. The molecular formula is C51H82O27. The van der Waals surface area contributed by atoms with Gasteiger partial charge in [-0.2, -0.15) is 0 Å². The lowest BCUT2D eigenvalue weighted by atomic mass is 9.41. The number of ether oxygens (including phenoxy) is 9. The minimum absolute atomic E-state index is 0.0393. The summed E-state index contributed by atoms with van der Waals surface area (Å²) in [6.07, 6.45) is -36.9. The van der Waals surface area contributed by atoms with Crippen LogP contribution < -0.4 is 0 Å². The zero-order valence-corrected chi connectivity index (χ0v) is 43.6. The van der Waals surface area contributed by atoms with Crippen molar-refractivity contribution in [3.05, 3.63) is 12.2 Å². The number of aliphatic hydroxyl groups is 17. The second-order valence-electron chi connectivity index (χ2n) is 24.1. The first-order chi connectivity index (χ1) is 36.9. The summed E-state index contributed by atoms with van der Waals surface area (Å²) < 4.78 is 54.9. The number of aliphatic hydroxyl groups excluding tert-OH is 17. The maximum absolute atomic E-state index is 15.0. The van der Waals surface area contributed by atoms with Crippen LogP contribution >= 0.6 is 0 Å². The van der Waals surface area contributed by atoms with E-state index in [0.29, 0.717) is 56.9 Å². The van der Waals surface area contributed by atoms with Gasteiger partial charge in [-0.1, -0.05) is 19.9 Å². The predicted octanol–water partition coefficient (Wildman–Crippen LogP) is -6.63. The third-order valence-electron chi connectivity index (χ3n) is 19.7. The van der Waals surface area contributed by atoms with E-state index >= 15 is 0 Å². The van der Waals surface area contributed by atoms with Gasteiger partial charge >= 0.3 is 5.97 Å². The molecule has 5 aliphatic carbocycles. The Labute approximate surface area is 449 Å². The molecule has 5 saturated carbocycles. The van der Waals surface area contributed by atoms with Crippen LogP contribution in [0.2, 0.25) is 0 Å². The van der Waals surface area contributed by atoms with E-state index in [4.69, 9.17) is 42.6 Å². The third-order valence-corrected chi connectivity index (χ3v) is 19.7. The second-order valence-corrected chi connectivity index (χ2v) is 24.1. The number of carbonyl (C=O) groups is 1. The van der Waals surface area contributed by atoms with Crippen molar-refractivity contribution in [3.63, 3.8) is 0 Å². The van der Waals surface area contributed by atoms with Crippen molar-refractivity contribution in [2.75, 3.05) is 33.0 Å². The summed E-state index contributed by atoms with van der Waals surface area (Å²) in [6.45, 7) is 4.69. The first-order valence-corrected chi connectivity index (χ1v) is 27.2. The van der Waals surface area contributed by atoms with Crippen molar-refractivity contribution >= 4 is 5.97 Å². The SMILES string of the molecule is C=C1C[C@@]23CCC4[C@](C)(C(=O)OC5CC(CO)C(O)C(O)C5OC5OC(CO)C(O)C(O)C5O)CCC[C@@]4(C)[C@@H]2CCC1(OC1OC(CO)C(O)C(OC2OC(CO)C(O)C(O)C2O)C1OC1OC(CO)C(O)C(O)C1O)C3. The molecule has 9 rings (SSSR count). The lowest BCUT2D eigenvalue weighted by Crippen LogP contribution is -2.68.